The summed E-state index contributed by atoms with van der Waals surface area (Å²) < 4.78 is 2.43. The SMILES string of the molecule is Cn1nc(-c2ccccc2NC(=O)Cn2nc(C3CC3)ccc2=O)ccc1=O. The van der Waals surface area contributed by atoms with E-state index >= 15 is 0 Å². The van der Waals surface area contributed by atoms with Gasteiger partial charge in [-0.05, 0) is 31.0 Å². The third-order valence-electron chi connectivity index (χ3n) is 4.61. The molecule has 142 valence electrons. The summed E-state index contributed by atoms with van der Waals surface area (Å²) in [6.07, 6.45) is 2.13. The molecule has 0 spiro atoms. The Balaban J connectivity index is 1.57. The number of amides is 1. The van der Waals surface area contributed by atoms with Crippen molar-refractivity contribution in [3.05, 3.63) is 74.9 Å². The van der Waals surface area contributed by atoms with Crippen LogP contribution in [0.2, 0.25) is 0 Å². The van der Waals surface area contributed by atoms with Crippen LogP contribution in [0.3, 0.4) is 0 Å². The summed E-state index contributed by atoms with van der Waals surface area (Å²) in [4.78, 5) is 36.2. The Kier molecular flexibility index (Phi) is 4.60. The number of aryl methyl sites for hydroxylation is 1. The molecule has 0 saturated heterocycles. The number of benzene rings is 1. The van der Waals surface area contributed by atoms with Gasteiger partial charge in [0.05, 0.1) is 17.1 Å². The number of nitrogens with zero attached hydrogens (tertiary/aromatic N) is 4. The molecule has 4 rings (SSSR count). The summed E-state index contributed by atoms with van der Waals surface area (Å²) >= 11 is 0. The van der Waals surface area contributed by atoms with Crippen LogP contribution in [0, 0.1) is 0 Å². The highest BCUT2D eigenvalue weighted by Gasteiger charge is 2.25. The van der Waals surface area contributed by atoms with Crippen molar-refractivity contribution < 1.29 is 4.79 Å². The number of carbonyl (C=O) groups is 1. The molecule has 1 aliphatic rings. The summed E-state index contributed by atoms with van der Waals surface area (Å²) in [6, 6.07) is 13.4. The van der Waals surface area contributed by atoms with Gasteiger partial charge in [0, 0.05) is 30.7 Å². The topological polar surface area (TPSA) is 98.9 Å². The number of rotatable bonds is 5. The summed E-state index contributed by atoms with van der Waals surface area (Å²) in [7, 11) is 1.57. The van der Waals surface area contributed by atoms with E-state index in [1.165, 1.54) is 21.5 Å². The molecule has 8 nitrogen and oxygen atoms in total. The van der Waals surface area contributed by atoms with Gasteiger partial charge in [0.1, 0.15) is 6.54 Å². The molecule has 2 aromatic heterocycles. The van der Waals surface area contributed by atoms with E-state index in [1.54, 1.807) is 37.4 Å². The maximum absolute atomic E-state index is 12.5. The van der Waals surface area contributed by atoms with Crippen LogP contribution in [0.4, 0.5) is 5.69 Å². The quantitative estimate of drug-likeness (QED) is 0.727. The van der Waals surface area contributed by atoms with Crippen LogP contribution in [0.1, 0.15) is 24.5 Å². The minimum atomic E-state index is -0.361. The first-order chi connectivity index (χ1) is 13.5. The number of nitrogens with one attached hydrogen (secondary N) is 1. The first-order valence-corrected chi connectivity index (χ1v) is 9.03. The van der Waals surface area contributed by atoms with Crippen molar-refractivity contribution in [2.75, 3.05) is 5.32 Å². The third-order valence-corrected chi connectivity index (χ3v) is 4.61. The number of hydrogen-bond acceptors (Lipinski definition) is 5. The maximum Gasteiger partial charge on any atom is 0.267 e. The molecule has 1 aromatic carbocycles. The predicted molar refractivity (Wildman–Crippen MR) is 104 cm³/mol. The number of para-hydroxylation sites is 1. The third kappa shape index (κ3) is 3.75. The Morgan fingerprint density at radius 1 is 1.04 bits per heavy atom. The zero-order valence-electron chi connectivity index (χ0n) is 15.3. The predicted octanol–water partition coefficient (Wildman–Crippen LogP) is 1.52. The van der Waals surface area contributed by atoms with E-state index in [9.17, 15) is 14.4 Å². The molecule has 28 heavy (non-hydrogen) atoms. The van der Waals surface area contributed by atoms with Gasteiger partial charge >= 0.3 is 0 Å². The van der Waals surface area contributed by atoms with Crippen molar-refractivity contribution in [3.63, 3.8) is 0 Å². The summed E-state index contributed by atoms with van der Waals surface area (Å²) in [5.41, 5.74) is 2.11. The zero-order chi connectivity index (χ0) is 19.7. The fourth-order valence-electron chi connectivity index (χ4n) is 2.96. The van der Waals surface area contributed by atoms with Crippen LogP contribution in [0.5, 0.6) is 0 Å². The number of anilines is 1. The highest BCUT2D eigenvalue weighted by Crippen LogP contribution is 2.38. The van der Waals surface area contributed by atoms with E-state index in [2.05, 4.69) is 15.5 Å². The Morgan fingerprint density at radius 2 is 1.79 bits per heavy atom. The molecule has 0 atom stereocenters. The normalized spacial score (nSPS) is 13.3. The Labute approximate surface area is 160 Å². The van der Waals surface area contributed by atoms with Gasteiger partial charge in [-0.2, -0.15) is 10.2 Å². The van der Waals surface area contributed by atoms with E-state index in [4.69, 9.17) is 0 Å². The summed E-state index contributed by atoms with van der Waals surface area (Å²) in [6.45, 7) is -0.172. The molecule has 0 radical (unpaired) electrons. The molecule has 1 saturated carbocycles. The second kappa shape index (κ2) is 7.22. The first-order valence-electron chi connectivity index (χ1n) is 9.03. The number of aromatic nitrogens is 4. The minimum absolute atomic E-state index is 0.172. The smallest absolute Gasteiger partial charge is 0.267 e. The van der Waals surface area contributed by atoms with Gasteiger partial charge in [0.2, 0.25) is 5.91 Å². The zero-order valence-corrected chi connectivity index (χ0v) is 15.3. The lowest BCUT2D eigenvalue weighted by atomic mass is 10.1. The molecular formula is C20H19N5O3. The highest BCUT2D eigenvalue weighted by atomic mass is 16.2. The van der Waals surface area contributed by atoms with Gasteiger partial charge in [0.25, 0.3) is 11.1 Å². The molecule has 2 heterocycles. The van der Waals surface area contributed by atoms with Crippen molar-refractivity contribution >= 4 is 11.6 Å². The molecular weight excluding hydrogens is 358 g/mol. The molecule has 1 aliphatic carbocycles. The van der Waals surface area contributed by atoms with Gasteiger partial charge < -0.3 is 5.32 Å². The largest absolute Gasteiger partial charge is 0.324 e. The molecule has 1 N–H and O–H groups in total. The molecule has 8 heteroatoms. The van der Waals surface area contributed by atoms with Crippen LogP contribution in [0.15, 0.2) is 58.1 Å². The second-order valence-electron chi connectivity index (χ2n) is 6.80. The molecule has 3 aromatic rings. The van der Waals surface area contributed by atoms with Gasteiger partial charge in [0.15, 0.2) is 0 Å². The maximum atomic E-state index is 12.5. The average molecular weight is 377 g/mol. The van der Waals surface area contributed by atoms with Crippen molar-refractivity contribution in [3.8, 4) is 11.3 Å². The lowest BCUT2D eigenvalue weighted by Gasteiger charge is -2.12. The number of hydrogen-bond donors (Lipinski definition) is 1. The van der Waals surface area contributed by atoms with Gasteiger partial charge in [-0.25, -0.2) is 9.36 Å². The first kappa shape index (κ1) is 17.8. The highest BCUT2D eigenvalue weighted by molar-refractivity contribution is 5.94. The minimum Gasteiger partial charge on any atom is -0.324 e. The molecule has 1 fully saturated rings. The van der Waals surface area contributed by atoms with Crippen LogP contribution >= 0.6 is 0 Å². The standard InChI is InChI=1S/C20H19N5O3/c1-24-19(27)10-9-17(22-24)14-4-2-3-5-16(14)21-18(26)12-25-20(28)11-8-15(23-25)13-6-7-13/h2-5,8-11,13H,6-7,12H2,1H3,(H,21,26). The second-order valence-corrected chi connectivity index (χ2v) is 6.80. The van der Waals surface area contributed by atoms with Crippen LogP contribution in [0.25, 0.3) is 11.3 Å². The molecule has 1 amide bonds. The van der Waals surface area contributed by atoms with Crippen LogP contribution < -0.4 is 16.4 Å². The molecule has 0 bridgehead atoms. The van der Waals surface area contributed by atoms with E-state index in [0.717, 1.165) is 18.5 Å². The van der Waals surface area contributed by atoms with E-state index in [0.29, 0.717) is 22.9 Å². The molecule has 0 aliphatic heterocycles. The lowest BCUT2D eigenvalue weighted by Crippen LogP contribution is -2.29. The molecule has 0 unspecified atom stereocenters. The fraction of sp³-hybridized carbons (Fsp3) is 0.250. The van der Waals surface area contributed by atoms with E-state index in [1.807, 2.05) is 6.07 Å². The van der Waals surface area contributed by atoms with Gasteiger partial charge in [-0.3, -0.25) is 14.4 Å². The summed E-state index contributed by atoms with van der Waals surface area (Å²) in [5.74, 6) is 0.0336. The monoisotopic (exact) mass is 377 g/mol. The summed E-state index contributed by atoms with van der Waals surface area (Å²) in [5, 5.41) is 11.4. The van der Waals surface area contributed by atoms with Crippen LogP contribution in [-0.4, -0.2) is 25.5 Å². The number of carbonyl (C=O) groups excluding carboxylic acids is 1. The van der Waals surface area contributed by atoms with E-state index < -0.39 is 0 Å². The Morgan fingerprint density at radius 3 is 2.54 bits per heavy atom. The van der Waals surface area contributed by atoms with Crippen molar-refractivity contribution in [1.82, 2.24) is 19.6 Å². The van der Waals surface area contributed by atoms with Crippen LogP contribution in [-0.2, 0) is 18.4 Å². The van der Waals surface area contributed by atoms with E-state index in [-0.39, 0.29) is 23.6 Å². The lowest BCUT2D eigenvalue weighted by molar-refractivity contribution is -0.117. The Bertz CT molecular complexity index is 1160. The van der Waals surface area contributed by atoms with Crippen molar-refractivity contribution in [1.29, 1.82) is 0 Å². The Hall–Kier alpha value is -3.55. The fourth-order valence-corrected chi connectivity index (χ4v) is 2.96. The van der Waals surface area contributed by atoms with Gasteiger partial charge in [-0.15, -0.1) is 0 Å². The van der Waals surface area contributed by atoms with Crippen molar-refractivity contribution in [2.24, 2.45) is 7.05 Å². The van der Waals surface area contributed by atoms with Crippen molar-refractivity contribution in [2.45, 2.75) is 25.3 Å². The average Bonchev–Trinajstić information content (AvgIpc) is 3.51. The van der Waals surface area contributed by atoms with Gasteiger partial charge in [-0.1, -0.05) is 18.2 Å².